The molecule has 0 bridgehead atoms. The van der Waals surface area contributed by atoms with Crippen LogP contribution in [0.3, 0.4) is 0 Å². The molecule has 0 aromatic rings. The van der Waals surface area contributed by atoms with Gasteiger partial charge < -0.3 is 7.74 Å². The van der Waals surface area contributed by atoms with Crippen molar-refractivity contribution in [2.45, 2.75) is 6.92 Å². The van der Waals surface area contributed by atoms with E-state index in [-0.39, 0.29) is 78.9 Å². The molecular formula is C2H7BrNa2O3. The maximum absolute atomic E-state index is 9.34. The zero-order chi connectivity index (χ0) is 4.28. The summed E-state index contributed by atoms with van der Waals surface area (Å²) in [6, 6.07) is 0. The van der Waals surface area contributed by atoms with Gasteiger partial charge in [0.15, 0.2) is 0 Å². The number of carbonyl (C=O) groups excluding carboxylic acids is 1. The van der Waals surface area contributed by atoms with Crippen molar-refractivity contribution in [3.05, 3.63) is 0 Å². The Bertz CT molecular complexity index is 57.8. The number of hydrogen-bond acceptors (Lipinski definition) is 3. The molecule has 0 heterocycles. The molecule has 0 aromatic carbocycles. The fourth-order valence-electron chi connectivity index (χ4n) is 0. The third-order valence-electron chi connectivity index (χ3n) is 0.129. The molecule has 6 heteroatoms. The van der Waals surface area contributed by atoms with E-state index in [0.717, 1.165) is 6.92 Å². The van der Waals surface area contributed by atoms with Gasteiger partial charge in [-0.3, -0.25) is 0 Å². The molecule has 0 saturated heterocycles. The maximum Gasteiger partial charge on any atom is 1.00 e. The predicted octanol–water partition coefficient (Wildman–Crippen LogP) is -5.17. The Kier molecular flexibility index (Phi) is 44.9. The van der Waals surface area contributed by atoms with Crippen LogP contribution in [0.2, 0.25) is 0 Å². The Morgan fingerprint density at radius 3 is 1.75 bits per heavy atom. The quantitative estimate of drug-likeness (QED) is 0.244. The van der Waals surface area contributed by atoms with Crippen LogP contribution in [0.15, 0.2) is 0 Å². The maximum atomic E-state index is 9.34. The summed E-state index contributed by atoms with van der Waals surface area (Å²) in [4.78, 5) is 12.5. The van der Waals surface area contributed by atoms with E-state index >= 15 is 0 Å². The van der Waals surface area contributed by atoms with Crippen LogP contribution in [-0.2, 0) is 9.68 Å². The molecule has 0 radical (unpaired) electrons. The summed E-state index contributed by atoms with van der Waals surface area (Å²) in [7, 11) is 0. The van der Waals surface area contributed by atoms with Gasteiger partial charge in [0.25, 0.3) is 0 Å². The normalized spacial score (nSPS) is 4.25. The summed E-state index contributed by atoms with van der Waals surface area (Å²) in [6.45, 7) is 1.11. The molecule has 0 atom stereocenters. The molecule has 0 aliphatic heterocycles. The average molecular weight is 205 g/mol. The van der Waals surface area contributed by atoms with Crippen LogP contribution >= 0.6 is 17.0 Å². The van der Waals surface area contributed by atoms with Gasteiger partial charge in [0.1, 0.15) is 0 Å². The molecule has 42 valence electrons. The van der Waals surface area contributed by atoms with Crippen LogP contribution < -0.4 is 59.1 Å². The summed E-state index contributed by atoms with van der Waals surface area (Å²) in [5.41, 5.74) is 0. The second-order valence-corrected chi connectivity index (χ2v) is 0.583. The van der Waals surface area contributed by atoms with E-state index in [1.54, 1.807) is 0 Å². The molecule has 0 fully saturated rings. The van der Waals surface area contributed by atoms with Crippen LogP contribution in [0.5, 0.6) is 0 Å². The van der Waals surface area contributed by atoms with E-state index in [0.29, 0.717) is 0 Å². The summed E-state index contributed by atoms with van der Waals surface area (Å²) in [6.07, 6.45) is 0. The zero-order valence-corrected chi connectivity index (χ0v) is 10.9. The molecule has 0 saturated carbocycles. The Hall–Kier alpha value is 1.91. The molecule has 0 spiro atoms. The van der Waals surface area contributed by atoms with Gasteiger partial charge in [-0.25, -0.2) is 4.79 Å². The SMILES string of the molecule is Br.CC(=O)OO.[H-].[H-].[Na+].[Na+]. The molecular weight excluding hydrogens is 198 g/mol. The fourth-order valence-corrected chi connectivity index (χ4v) is 0. The summed E-state index contributed by atoms with van der Waals surface area (Å²) in [5, 5.41) is 7.29. The Balaban J connectivity index is -0.00000000800. The molecule has 0 amide bonds. The van der Waals surface area contributed by atoms with Crippen LogP contribution in [-0.4, -0.2) is 11.2 Å². The summed E-state index contributed by atoms with van der Waals surface area (Å²) >= 11 is 0. The zero-order valence-electron chi connectivity index (χ0n) is 7.17. The van der Waals surface area contributed by atoms with Crippen LogP contribution in [0.4, 0.5) is 0 Å². The van der Waals surface area contributed by atoms with Crippen molar-refractivity contribution < 1.29 is 76.9 Å². The van der Waals surface area contributed by atoms with E-state index in [9.17, 15) is 4.79 Å². The van der Waals surface area contributed by atoms with Gasteiger partial charge in [0.05, 0.1) is 0 Å². The third kappa shape index (κ3) is 24.7. The summed E-state index contributed by atoms with van der Waals surface area (Å²) in [5.74, 6) is -0.690. The first kappa shape index (κ1) is 22.5. The van der Waals surface area contributed by atoms with Gasteiger partial charge >= 0.3 is 65.1 Å². The van der Waals surface area contributed by atoms with Gasteiger partial charge in [0.2, 0.25) is 0 Å². The smallest absolute Gasteiger partial charge is 1.00 e. The minimum absolute atomic E-state index is 0. The molecule has 0 aliphatic rings. The Labute approximate surface area is 105 Å². The molecule has 0 unspecified atom stereocenters. The predicted molar refractivity (Wildman–Crippen MR) is 26.9 cm³/mol. The largest absolute Gasteiger partial charge is 1.00 e. The first-order chi connectivity index (χ1) is 2.27. The van der Waals surface area contributed by atoms with Crippen molar-refractivity contribution in [1.29, 1.82) is 0 Å². The first-order valence-electron chi connectivity index (χ1n) is 1.09. The van der Waals surface area contributed by atoms with Gasteiger partial charge in [0, 0.05) is 6.92 Å². The molecule has 0 aromatic heterocycles. The van der Waals surface area contributed by atoms with E-state index in [1.165, 1.54) is 0 Å². The standard InChI is InChI=1S/C2H4O3.BrH.2Na.2H/c1-2(3)5-4;;;;;/h4H,1H3;1H;;;;/q;;2*+1;2*-1. The van der Waals surface area contributed by atoms with Crippen molar-refractivity contribution in [2.75, 3.05) is 0 Å². The minimum Gasteiger partial charge on any atom is -1.00 e. The van der Waals surface area contributed by atoms with Gasteiger partial charge in [-0.05, 0) is 0 Å². The van der Waals surface area contributed by atoms with E-state index in [4.69, 9.17) is 5.26 Å². The van der Waals surface area contributed by atoms with Crippen LogP contribution in [0.25, 0.3) is 0 Å². The van der Waals surface area contributed by atoms with Gasteiger partial charge in [-0.15, -0.1) is 17.0 Å². The van der Waals surface area contributed by atoms with Crippen molar-refractivity contribution in [3.63, 3.8) is 0 Å². The van der Waals surface area contributed by atoms with Gasteiger partial charge in [-0.2, -0.15) is 5.26 Å². The van der Waals surface area contributed by atoms with E-state index < -0.39 is 5.97 Å². The monoisotopic (exact) mass is 204 g/mol. The number of halogens is 1. The summed E-state index contributed by atoms with van der Waals surface area (Å²) < 4.78 is 0. The number of carbonyl (C=O) groups is 1. The van der Waals surface area contributed by atoms with Crippen LogP contribution in [0.1, 0.15) is 9.78 Å². The molecule has 8 heavy (non-hydrogen) atoms. The van der Waals surface area contributed by atoms with E-state index in [1.807, 2.05) is 0 Å². The fraction of sp³-hybridized carbons (Fsp3) is 0.500. The Morgan fingerprint density at radius 2 is 1.75 bits per heavy atom. The molecule has 0 aliphatic carbocycles. The molecule has 3 nitrogen and oxygen atoms in total. The van der Waals surface area contributed by atoms with Crippen molar-refractivity contribution >= 4 is 23.0 Å². The van der Waals surface area contributed by atoms with E-state index in [2.05, 4.69) is 4.89 Å². The second-order valence-electron chi connectivity index (χ2n) is 0.583. The number of rotatable bonds is 0. The van der Waals surface area contributed by atoms with Crippen molar-refractivity contribution in [3.8, 4) is 0 Å². The van der Waals surface area contributed by atoms with Gasteiger partial charge in [-0.1, -0.05) is 0 Å². The topological polar surface area (TPSA) is 46.5 Å². The number of hydrogen-bond donors (Lipinski definition) is 1. The molecule has 1 N–H and O–H groups in total. The second kappa shape index (κ2) is 16.0. The first-order valence-corrected chi connectivity index (χ1v) is 1.09. The van der Waals surface area contributed by atoms with Crippen molar-refractivity contribution in [1.82, 2.24) is 0 Å². The Morgan fingerprint density at radius 1 is 1.62 bits per heavy atom. The third-order valence-corrected chi connectivity index (χ3v) is 0.129. The van der Waals surface area contributed by atoms with Crippen LogP contribution in [0, 0.1) is 0 Å². The minimum atomic E-state index is -0.690. The molecule has 0 rings (SSSR count). The van der Waals surface area contributed by atoms with Crippen molar-refractivity contribution in [2.24, 2.45) is 0 Å². The average Bonchev–Trinajstić information content (AvgIpc) is 1.38.